The Labute approximate surface area is 280 Å². The van der Waals surface area contributed by atoms with Gasteiger partial charge in [-0.2, -0.15) is 45.0 Å². The van der Waals surface area contributed by atoms with E-state index in [1.807, 2.05) is 13.8 Å². The van der Waals surface area contributed by atoms with E-state index in [1.54, 1.807) is 13.8 Å². The molecule has 0 aromatic carbocycles. The second-order valence-electron chi connectivity index (χ2n) is 7.67. The van der Waals surface area contributed by atoms with Crippen LogP contribution in [0.5, 0.6) is 0 Å². The van der Waals surface area contributed by atoms with E-state index in [2.05, 4.69) is 27.1 Å². The smallest absolute Gasteiger partial charge is 0.185 e. The van der Waals surface area contributed by atoms with Crippen LogP contribution in [-0.4, -0.2) is 21.0 Å². The molecule has 3 aliphatic rings. The van der Waals surface area contributed by atoms with Crippen molar-refractivity contribution in [1.82, 2.24) is 8.88 Å². The standard InChI is InChI=1S/C8H18Cl12N10P8/c1-5-7(3)29-35(17)23-31(9,10)21-32(11,12)24-36(29,18)28-38(20)26-34(15,16)22-33(13,14)25-37(19,27-35)30(38)8(4)6-2/h7-8H,5-6H2,1-4H3. The van der Waals surface area contributed by atoms with Crippen LogP contribution >= 0.6 is 185 Å². The average molecular weight is 928 g/mol. The average Bonchev–Trinajstić information content (AvgIpc) is 2.59. The predicted octanol–water partition coefficient (Wildman–Crippen LogP) is 18.7. The lowest BCUT2D eigenvalue weighted by Gasteiger charge is -2.45. The van der Waals surface area contributed by atoms with Gasteiger partial charge in [0.05, 0.1) is 0 Å². The highest BCUT2D eigenvalue weighted by Crippen LogP contribution is 2.98. The van der Waals surface area contributed by atoms with E-state index in [1.165, 1.54) is 8.88 Å². The Morgan fingerprint density at radius 3 is 0.921 bits per heavy atom. The fourth-order valence-corrected chi connectivity index (χ4v) is 58.0. The maximum absolute atomic E-state index is 7.30. The van der Waals surface area contributed by atoms with E-state index in [0.29, 0.717) is 12.8 Å². The third kappa shape index (κ3) is 8.39. The minimum Gasteiger partial charge on any atom is -0.185 e. The topological polar surface area (TPSA) is 105 Å². The molecule has 0 amide bonds. The van der Waals surface area contributed by atoms with Gasteiger partial charge in [0, 0.05) is 12.1 Å². The summed E-state index contributed by atoms with van der Waals surface area (Å²) in [5.74, 6) is -14.8. The van der Waals surface area contributed by atoms with Gasteiger partial charge in [0.2, 0.25) is 26.8 Å². The van der Waals surface area contributed by atoms with E-state index < -0.39 is 62.6 Å². The van der Waals surface area contributed by atoms with Crippen LogP contribution in [0.2, 0.25) is 0 Å². The van der Waals surface area contributed by atoms with Gasteiger partial charge in [0.25, 0.3) is 23.6 Å². The number of hydrogen-bond donors (Lipinski definition) is 0. The van der Waals surface area contributed by atoms with E-state index in [9.17, 15) is 0 Å². The van der Waals surface area contributed by atoms with Gasteiger partial charge in [-0.3, -0.25) is 0 Å². The molecule has 6 atom stereocenters. The molecule has 0 aromatic rings. The number of fused-ring (bicyclic) bond motifs is 4. The van der Waals surface area contributed by atoms with Crippen molar-refractivity contribution in [1.29, 1.82) is 0 Å². The second-order valence-corrected chi connectivity index (χ2v) is 42.2. The molecule has 3 heterocycles. The van der Waals surface area contributed by atoms with Crippen LogP contribution in [0.25, 0.3) is 0 Å². The zero-order valence-electron chi connectivity index (χ0n) is 19.2. The van der Waals surface area contributed by atoms with Crippen LogP contribution in [0.1, 0.15) is 40.5 Å². The minimum absolute atomic E-state index is 0.465. The lowest BCUT2D eigenvalue weighted by atomic mass is 10.3. The maximum Gasteiger partial charge on any atom is 0.257 e. The van der Waals surface area contributed by atoms with Gasteiger partial charge in [-0.1, -0.05) is 13.8 Å². The third-order valence-corrected chi connectivity index (χ3v) is 43.4. The van der Waals surface area contributed by atoms with Gasteiger partial charge < -0.3 is 0 Å². The van der Waals surface area contributed by atoms with Crippen molar-refractivity contribution < 1.29 is 0 Å². The Balaban J connectivity index is 2.87. The zero-order valence-corrected chi connectivity index (χ0v) is 35.4. The summed E-state index contributed by atoms with van der Waals surface area (Å²) >= 11 is 81.5. The van der Waals surface area contributed by atoms with Crippen molar-refractivity contribution in [2.45, 2.75) is 52.6 Å². The van der Waals surface area contributed by atoms with Crippen LogP contribution in [0, 0.1) is 0 Å². The Morgan fingerprint density at radius 2 is 0.658 bits per heavy atom. The molecule has 10 nitrogen and oxygen atoms in total. The second kappa shape index (κ2) is 12.7. The van der Waals surface area contributed by atoms with Gasteiger partial charge in [-0.05, 0) is 162 Å². The number of hydrogen-bond acceptors (Lipinski definition) is 10. The predicted molar refractivity (Wildman–Crippen MR) is 188 cm³/mol. The first-order chi connectivity index (χ1) is 16.9. The first-order valence-electron chi connectivity index (χ1n) is 9.93. The number of halogens is 12. The third-order valence-electron chi connectivity index (χ3n) is 4.78. The molecule has 6 unspecified atom stereocenters. The van der Waals surface area contributed by atoms with Gasteiger partial charge in [0.15, 0.2) is 0 Å². The monoisotopic (exact) mass is 922 g/mol. The molecule has 0 fully saturated rings. The Hall–Kier alpha value is 5.24. The normalized spacial score (nSPS) is 41.3. The molecule has 0 N–H and O–H groups in total. The summed E-state index contributed by atoms with van der Waals surface area (Å²) in [5.41, 5.74) is 0. The fraction of sp³-hybridized carbons (Fsp3) is 1.00. The minimum atomic E-state index is -3.87. The molecule has 0 aliphatic carbocycles. The Kier molecular flexibility index (Phi) is 12.6. The summed E-state index contributed by atoms with van der Waals surface area (Å²) in [5, 5.41) is 0. The fourth-order valence-electron chi connectivity index (χ4n) is 3.19. The molecule has 0 aromatic heterocycles. The van der Waals surface area contributed by atoms with Crippen LogP contribution in [0.4, 0.5) is 0 Å². The van der Waals surface area contributed by atoms with Crippen molar-refractivity contribution >= 4 is 185 Å². The van der Waals surface area contributed by atoms with Crippen molar-refractivity contribution in [2.75, 3.05) is 0 Å². The number of nitrogens with zero attached hydrogens (tertiary/aromatic N) is 10. The summed E-state index contributed by atoms with van der Waals surface area (Å²) in [6.45, 7) is -8.17. The van der Waals surface area contributed by atoms with Crippen molar-refractivity contribution in [2.24, 2.45) is 36.1 Å². The summed E-state index contributed by atoms with van der Waals surface area (Å²) in [6, 6.07) is -0.995. The lowest BCUT2D eigenvalue weighted by molar-refractivity contribution is 0.504. The van der Waals surface area contributed by atoms with E-state index in [-0.39, 0.29) is 0 Å². The Bertz CT molecular complexity index is 1350. The molecule has 30 heteroatoms. The highest BCUT2D eigenvalue weighted by Gasteiger charge is 2.54. The molecular formula is C8H18Cl12N10P8. The molecule has 0 radical (unpaired) electrons. The summed E-state index contributed by atoms with van der Waals surface area (Å²) in [6.07, 6.45) is 0.929. The highest BCUT2D eigenvalue weighted by atomic mass is 35.9. The van der Waals surface area contributed by atoms with Crippen LogP contribution in [0.15, 0.2) is 36.1 Å². The molecule has 0 spiro atoms. The van der Waals surface area contributed by atoms with Gasteiger partial charge in [0.1, 0.15) is 0 Å². The first kappa shape index (κ1) is 37.7. The number of rotatable bonds is 4. The molecule has 3 aliphatic heterocycles. The van der Waals surface area contributed by atoms with Crippen LogP contribution in [-0.2, 0) is 0 Å². The molecule has 38 heavy (non-hydrogen) atoms. The molecule has 4 bridgehead atoms. The van der Waals surface area contributed by atoms with Crippen LogP contribution in [0.3, 0.4) is 0 Å². The zero-order chi connectivity index (χ0) is 29.4. The van der Waals surface area contributed by atoms with Gasteiger partial charge >= 0.3 is 0 Å². The summed E-state index contributed by atoms with van der Waals surface area (Å²) in [7, 11) is 0. The van der Waals surface area contributed by atoms with Crippen molar-refractivity contribution in [3.8, 4) is 0 Å². The first-order valence-corrected chi connectivity index (χ1v) is 34.2. The molecule has 3 rings (SSSR count). The summed E-state index contributed by atoms with van der Waals surface area (Å²) in [4.78, 5) is 0. The van der Waals surface area contributed by atoms with Crippen molar-refractivity contribution in [3.63, 3.8) is 0 Å². The highest BCUT2D eigenvalue weighted by molar-refractivity contribution is 8.25. The van der Waals surface area contributed by atoms with E-state index in [0.717, 1.165) is 0 Å². The van der Waals surface area contributed by atoms with Gasteiger partial charge in [-0.25, -0.2) is 0 Å². The maximum atomic E-state index is 7.30. The molecular weight excluding hydrogens is 909 g/mol. The SMILES string of the molecule is CCC(C)N1P2(Cl)=NP(Cl)(Cl)=NP(Cl)(Cl)=NP1(Cl)=NP1(Cl)=NP(Cl)(Cl)=NP(Cl)(Cl)=NP(Cl)(=N2)N1C(C)CC. The molecule has 0 saturated carbocycles. The summed E-state index contributed by atoms with van der Waals surface area (Å²) < 4.78 is 39.0. The van der Waals surface area contributed by atoms with E-state index in [4.69, 9.17) is 144 Å². The molecule has 224 valence electrons. The quantitative estimate of drug-likeness (QED) is 0.262. The van der Waals surface area contributed by atoms with Crippen LogP contribution < -0.4 is 0 Å². The largest absolute Gasteiger partial charge is 0.257 e. The van der Waals surface area contributed by atoms with Gasteiger partial charge in [-0.15, -0.1) is 0 Å². The Morgan fingerprint density at radius 1 is 0.421 bits per heavy atom. The van der Waals surface area contributed by atoms with E-state index >= 15 is 0 Å². The molecule has 0 saturated heterocycles. The van der Waals surface area contributed by atoms with Crippen molar-refractivity contribution in [3.05, 3.63) is 0 Å². The lowest BCUT2D eigenvalue weighted by Crippen LogP contribution is -2.27.